The van der Waals surface area contributed by atoms with Gasteiger partial charge in [0.1, 0.15) is 25.6 Å². The summed E-state index contributed by atoms with van der Waals surface area (Å²) >= 11 is 6.23. The van der Waals surface area contributed by atoms with Crippen molar-refractivity contribution in [1.82, 2.24) is 5.32 Å². The van der Waals surface area contributed by atoms with Gasteiger partial charge in [-0.2, -0.15) is 0 Å². The predicted octanol–water partition coefficient (Wildman–Crippen LogP) is 4.21. The maximum absolute atomic E-state index is 12.5. The van der Waals surface area contributed by atoms with Crippen LogP contribution in [0.1, 0.15) is 21.7 Å². The number of nitrogens with one attached hydrogen (secondary N) is 1. The highest BCUT2D eigenvalue weighted by Crippen LogP contribution is 2.38. The summed E-state index contributed by atoms with van der Waals surface area (Å²) in [6, 6.07) is 14.7. The van der Waals surface area contributed by atoms with Gasteiger partial charge in [0.05, 0.1) is 11.3 Å². The van der Waals surface area contributed by atoms with Crippen LogP contribution in [0.25, 0.3) is 0 Å². The average Bonchev–Trinajstić information content (AvgIpc) is 3.20. The molecule has 0 spiro atoms. The molecule has 2 aromatic carbocycles. The van der Waals surface area contributed by atoms with Crippen molar-refractivity contribution >= 4 is 17.5 Å². The van der Waals surface area contributed by atoms with Gasteiger partial charge in [-0.3, -0.25) is 4.79 Å². The minimum absolute atomic E-state index is 0.222. The summed E-state index contributed by atoms with van der Waals surface area (Å²) < 4.78 is 22.1. The molecule has 1 aliphatic rings. The van der Waals surface area contributed by atoms with E-state index in [1.54, 1.807) is 12.1 Å². The lowest BCUT2D eigenvalue weighted by Crippen LogP contribution is -2.24. The zero-order chi connectivity index (χ0) is 19.3. The first-order chi connectivity index (χ1) is 13.7. The molecule has 0 radical (unpaired) electrons. The lowest BCUT2D eigenvalue weighted by molar-refractivity contribution is 0.0919. The quantitative estimate of drug-likeness (QED) is 0.672. The van der Waals surface area contributed by atoms with Crippen LogP contribution in [0.4, 0.5) is 0 Å². The van der Waals surface area contributed by atoms with Gasteiger partial charge >= 0.3 is 0 Å². The normalized spacial score (nSPS) is 12.5. The molecule has 6 nitrogen and oxygen atoms in total. The Bertz CT molecular complexity index is 970. The molecule has 0 fully saturated rings. The van der Waals surface area contributed by atoms with Crippen LogP contribution in [-0.2, 0) is 13.2 Å². The van der Waals surface area contributed by atoms with E-state index in [1.165, 1.54) is 6.26 Å². The molecule has 7 heteroatoms. The van der Waals surface area contributed by atoms with Crippen molar-refractivity contribution in [2.45, 2.75) is 13.2 Å². The van der Waals surface area contributed by atoms with Crippen LogP contribution in [0.3, 0.4) is 0 Å². The summed E-state index contributed by atoms with van der Waals surface area (Å²) in [4.78, 5) is 12.5. The van der Waals surface area contributed by atoms with E-state index >= 15 is 0 Å². The van der Waals surface area contributed by atoms with Crippen molar-refractivity contribution in [3.63, 3.8) is 0 Å². The van der Waals surface area contributed by atoms with Gasteiger partial charge < -0.3 is 23.9 Å². The molecule has 3 aromatic rings. The highest BCUT2D eigenvalue weighted by molar-refractivity contribution is 6.32. The standard InChI is InChI=1S/C21H18ClNO5/c22-17-10-14(11-18-20(17)27-9-8-25-18)12-23-21(24)19-15(6-7-26-19)13-28-16-4-2-1-3-5-16/h1-7,10-11H,8-9,12-13H2,(H,23,24). The van der Waals surface area contributed by atoms with Gasteiger partial charge in [-0.15, -0.1) is 0 Å². The molecule has 0 saturated heterocycles. The Hall–Kier alpha value is -3.12. The molecule has 1 aliphatic heterocycles. The van der Waals surface area contributed by atoms with Crippen molar-refractivity contribution in [3.05, 3.63) is 76.7 Å². The van der Waals surface area contributed by atoms with Gasteiger partial charge in [-0.05, 0) is 35.9 Å². The topological polar surface area (TPSA) is 69.9 Å². The SMILES string of the molecule is O=C(NCc1cc(Cl)c2c(c1)OCCO2)c1occc1COc1ccccc1. The molecule has 0 aliphatic carbocycles. The third-order valence-corrected chi connectivity index (χ3v) is 4.48. The number of para-hydroxylation sites is 1. The van der Waals surface area contributed by atoms with Gasteiger partial charge in [0.25, 0.3) is 5.91 Å². The second-order valence-electron chi connectivity index (χ2n) is 6.16. The first kappa shape index (κ1) is 18.3. The molecule has 0 atom stereocenters. The monoisotopic (exact) mass is 399 g/mol. The van der Waals surface area contributed by atoms with Crippen molar-refractivity contribution in [2.24, 2.45) is 0 Å². The fourth-order valence-corrected chi connectivity index (χ4v) is 3.14. The van der Waals surface area contributed by atoms with Crippen molar-refractivity contribution in [3.8, 4) is 17.2 Å². The van der Waals surface area contributed by atoms with Crippen molar-refractivity contribution < 1.29 is 23.4 Å². The number of fused-ring (bicyclic) bond motifs is 1. The summed E-state index contributed by atoms with van der Waals surface area (Å²) in [7, 11) is 0. The third-order valence-electron chi connectivity index (χ3n) is 4.20. The van der Waals surface area contributed by atoms with Crippen LogP contribution >= 0.6 is 11.6 Å². The van der Waals surface area contributed by atoms with Crippen molar-refractivity contribution in [2.75, 3.05) is 13.2 Å². The minimum Gasteiger partial charge on any atom is -0.489 e. The molecule has 0 unspecified atom stereocenters. The third kappa shape index (κ3) is 4.07. The van der Waals surface area contributed by atoms with Crippen LogP contribution in [0, 0.1) is 0 Å². The molecule has 2 heterocycles. The van der Waals surface area contributed by atoms with E-state index in [-0.39, 0.29) is 24.8 Å². The van der Waals surface area contributed by atoms with E-state index < -0.39 is 0 Å². The van der Waals surface area contributed by atoms with Gasteiger partial charge in [-0.1, -0.05) is 29.8 Å². The number of carbonyl (C=O) groups excluding carboxylic acids is 1. The fourth-order valence-electron chi connectivity index (χ4n) is 2.86. The van der Waals surface area contributed by atoms with Gasteiger partial charge in [0.2, 0.25) is 0 Å². The first-order valence-electron chi connectivity index (χ1n) is 8.81. The number of amides is 1. The average molecular weight is 400 g/mol. The van der Waals surface area contributed by atoms with Gasteiger partial charge in [0, 0.05) is 12.1 Å². The highest BCUT2D eigenvalue weighted by Gasteiger charge is 2.19. The van der Waals surface area contributed by atoms with E-state index in [0.29, 0.717) is 35.3 Å². The summed E-state index contributed by atoms with van der Waals surface area (Å²) in [5.74, 6) is 1.73. The number of rotatable bonds is 6. The number of furan rings is 1. The number of hydrogen-bond donors (Lipinski definition) is 1. The Morgan fingerprint density at radius 1 is 1.11 bits per heavy atom. The molecule has 0 bridgehead atoms. The number of hydrogen-bond acceptors (Lipinski definition) is 5. The molecule has 1 aromatic heterocycles. The zero-order valence-electron chi connectivity index (χ0n) is 14.9. The predicted molar refractivity (Wildman–Crippen MR) is 103 cm³/mol. The van der Waals surface area contributed by atoms with Crippen LogP contribution in [0.2, 0.25) is 5.02 Å². The summed E-state index contributed by atoms with van der Waals surface area (Å²) in [5, 5.41) is 3.29. The smallest absolute Gasteiger partial charge is 0.287 e. The molecule has 1 N–H and O–H groups in total. The Kier molecular flexibility index (Phi) is 5.39. The maximum Gasteiger partial charge on any atom is 0.287 e. The number of benzene rings is 2. The Balaban J connectivity index is 1.39. The van der Waals surface area contributed by atoms with Crippen LogP contribution in [0.5, 0.6) is 17.2 Å². The van der Waals surface area contributed by atoms with E-state index in [2.05, 4.69) is 5.32 Å². The lowest BCUT2D eigenvalue weighted by atomic mass is 10.2. The van der Waals surface area contributed by atoms with E-state index in [1.807, 2.05) is 36.4 Å². The van der Waals surface area contributed by atoms with Crippen LogP contribution in [-0.4, -0.2) is 19.1 Å². The fraction of sp³-hybridized carbons (Fsp3) is 0.190. The largest absolute Gasteiger partial charge is 0.489 e. The number of carbonyl (C=O) groups is 1. The number of halogens is 1. The molecule has 0 saturated carbocycles. The van der Waals surface area contributed by atoms with Crippen LogP contribution in [0.15, 0.2) is 59.2 Å². The summed E-state index contributed by atoms with van der Waals surface area (Å²) in [5.41, 5.74) is 1.47. The van der Waals surface area contributed by atoms with E-state index in [4.69, 9.17) is 30.2 Å². The van der Waals surface area contributed by atoms with Gasteiger partial charge in [0.15, 0.2) is 17.3 Å². The Morgan fingerprint density at radius 3 is 2.79 bits per heavy atom. The lowest BCUT2D eigenvalue weighted by Gasteiger charge is -2.20. The molecule has 28 heavy (non-hydrogen) atoms. The van der Waals surface area contributed by atoms with Crippen LogP contribution < -0.4 is 19.5 Å². The zero-order valence-corrected chi connectivity index (χ0v) is 15.7. The molecular weight excluding hydrogens is 382 g/mol. The first-order valence-corrected chi connectivity index (χ1v) is 9.19. The maximum atomic E-state index is 12.5. The Labute approximate surface area is 167 Å². The van der Waals surface area contributed by atoms with E-state index in [0.717, 1.165) is 11.3 Å². The Morgan fingerprint density at radius 2 is 1.93 bits per heavy atom. The van der Waals surface area contributed by atoms with Crippen molar-refractivity contribution in [1.29, 1.82) is 0 Å². The summed E-state index contributed by atoms with van der Waals surface area (Å²) in [6.07, 6.45) is 1.47. The second-order valence-corrected chi connectivity index (χ2v) is 6.57. The van der Waals surface area contributed by atoms with Gasteiger partial charge in [-0.25, -0.2) is 0 Å². The second kappa shape index (κ2) is 8.27. The number of ether oxygens (including phenoxy) is 3. The molecule has 144 valence electrons. The minimum atomic E-state index is -0.331. The molecule has 1 amide bonds. The molecular formula is C21H18ClNO5. The molecule has 4 rings (SSSR count). The van der Waals surface area contributed by atoms with E-state index in [9.17, 15) is 4.79 Å². The highest BCUT2D eigenvalue weighted by atomic mass is 35.5. The summed E-state index contributed by atoms with van der Waals surface area (Å²) in [6.45, 7) is 1.44.